The Morgan fingerprint density at radius 3 is 2.55 bits per heavy atom. The van der Waals surface area contributed by atoms with Crippen LogP contribution < -0.4 is 5.73 Å². The first-order valence-electron chi connectivity index (χ1n) is 11.5. The lowest BCUT2D eigenvalue weighted by atomic mass is 9.89. The van der Waals surface area contributed by atoms with E-state index in [0.717, 1.165) is 43.0 Å². The average molecular weight is 442 g/mol. The Hall–Kier alpha value is -1.73. The van der Waals surface area contributed by atoms with Gasteiger partial charge in [-0.25, -0.2) is 0 Å². The van der Waals surface area contributed by atoms with E-state index in [-0.39, 0.29) is 11.9 Å². The number of thiophene rings is 1. The molecule has 0 spiro atoms. The summed E-state index contributed by atoms with van der Waals surface area (Å²) in [5.74, 6) is 0.782. The summed E-state index contributed by atoms with van der Waals surface area (Å²) in [6, 6.07) is 11.3. The van der Waals surface area contributed by atoms with Gasteiger partial charge in [0.25, 0.3) is 5.91 Å². The number of carbonyl (C=O) groups excluding carboxylic acids is 1. The lowest BCUT2D eigenvalue weighted by molar-refractivity contribution is 0.0795. The third-order valence-corrected chi connectivity index (χ3v) is 7.98. The van der Waals surface area contributed by atoms with Crippen LogP contribution >= 0.6 is 11.3 Å². The van der Waals surface area contributed by atoms with Crippen molar-refractivity contribution < 1.29 is 9.53 Å². The number of aryl methyl sites for hydroxylation is 1. The summed E-state index contributed by atoms with van der Waals surface area (Å²) in [4.78, 5) is 19.4. The van der Waals surface area contributed by atoms with Gasteiger partial charge in [0, 0.05) is 44.3 Å². The number of hydrogen-bond donors (Lipinski definition) is 1. The third-order valence-electron chi connectivity index (χ3n) is 6.70. The van der Waals surface area contributed by atoms with Gasteiger partial charge in [-0.2, -0.15) is 0 Å². The number of carbonyl (C=O) groups is 1. The summed E-state index contributed by atoms with van der Waals surface area (Å²) in [6.07, 6.45) is 4.46. The molecule has 1 amide bonds. The molecular formula is C25H35N3O2S. The molecule has 0 aliphatic carbocycles. The van der Waals surface area contributed by atoms with Crippen molar-refractivity contribution in [1.82, 2.24) is 9.80 Å². The monoisotopic (exact) mass is 441 g/mol. The molecule has 3 heterocycles. The molecule has 2 aromatic rings. The molecule has 6 heteroatoms. The van der Waals surface area contributed by atoms with Gasteiger partial charge in [0.05, 0.1) is 4.88 Å². The number of methoxy groups -OCH3 is 1. The molecule has 1 aromatic carbocycles. The topological polar surface area (TPSA) is 58.8 Å². The largest absolute Gasteiger partial charge is 0.385 e. The fourth-order valence-corrected chi connectivity index (χ4v) is 5.94. The van der Waals surface area contributed by atoms with E-state index in [1.807, 2.05) is 11.8 Å². The third kappa shape index (κ3) is 5.37. The van der Waals surface area contributed by atoms with Crippen molar-refractivity contribution in [2.45, 2.75) is 44.6 Å². The lowest BCUT2D eigenvalue weighted by Crippen LogP contribution is -2.34. The maximum absolute atomic E-state index is 12.9. The van der Waals surface area contributed by atoms with Crippen LogP contribution in [-0.4, -0.2) is 68.2 Å². The Labute approximate surface area is 190 Å². The molecule has 2 N–H and O–H groups in total. The molecule has 1 atom stereocenters. The number of nitrogens with zero attached hydrogens (tertiary/aromatic N) is 2. The van der Waals surface area contributed by atoms with Gasteiger partial charge in [0.2, 0.25) is 0 Å². The number of ether oxygens (including phenoxy) is 1. The maximum Gasteiger partial charge on any atom is 0.264 e. The molecule has 2 aliphatic heterocycles. The van der Waals surface area contributed by atoms with Crippen LogP contribution in [0.3, 0.4) is 0 Å². The van der Waals surface area contributed by atoms with Gasteiger partial charge < -0.3 is 20.3 Å². The first kappa shape index (κ1) is 22.5. The van der Waals surface area contributed by atoms with Gasteiger partial charge in [-0.05, 0) is 74.4 Å². The summed E-state index contributed by atoms with van der Waals surface area (Å²) < 4.78 is 5.17. The van der Waals surface area contributed by atoms with Crippen LogP contribution in [0.1, 0.15) is 52.4 Å². The smallest absolute Gasteiger partial charge is 0.264 e. The summed E-state index contributed by atoms with van der Waals surface area (Å²) >= 11 is 1.61. The van der Waals surface area contributed by atoms with E-state index in [4.69, 9.17) is 10.5 Å². The minimum Gasteiger partial charge on any atom is -0.385 e. The van der Waals surface area contributed by atoms with E-state index in [2.05, 4.69) is 35.2 Å². The van der Waals surface area contributed by atoms with Crippen LogP contribution in [0.5, 0.6) is 0 Å². The molecule has 31 heavy (non-hydrogen) atoms. The highest BCUT2D eigenvalue weighted by Gasteiger charge is 2.27. The molecule has 0 radical (unpaired) electrons. The van der Waals surface area contributed by atoms with E-state index in [0.29, 0.717) is 12.5 Å². The number of likely N-dealkylation sites (tertiary alicyclic amines) is 2. The standard InChI is InChI=1S/C25H35N3O2S/c1-18-16-23(31-24(18)25(29)28-14-10-22(26)17-28)21-6-4-19(5-7-21)20-8-12-27(13-9-20)11-3-15-30-2/h4-7,16,20,22H,3,8-15,17,26H2,1-2H3/t22-/m0/s1. The molecule has 0 unspecified atom stereocenters. The number of piperidine rings is 1. The average Bonchev–Trinajstić information content (AvgIpc) is 3.40. The molecule has 168 valence electrons. The lowest BCUT2D eigenvalue weighted by Gasteiger charge is -2.32. The highest BCUT2D eigenvalue weighted by atomic mass is 32.1. The normalized spacial score (nSPS) is 20.5. The van der Waals surface area contributed by atoms with Crippen molar-refractivity contribution in [3.05, 3.63) is 46.3 Å². The molecular weight excluding hydrogens is 406 g/mol. The molecule has 2 saturated heterocycles. The van der Waals surface area contributed by atoms with Gasteiger partial charge in [-0.15, -0.1) is 11.3 Å². The fraction of sp³-hybridized carbons (Fsp3) is 0.560. The Bertz CT molecular complexity index is 871. The molecule has 2 fully saturated rings. The number of nitrogens with two attached hydrogens (primary N) is 1. The van der Waals surface area contributed by atoms with Gasteiger partial charge in [0.15, 0.2) is 0 Å². The summed E-state index contributed by atoms with van der Waals surface area (Å²) in [5, 5.41) is 0. The van der Waals surface area contributed by atoms with Crippen molar-refractivity contribution in [1.29, 1.82) is 0 Å². The zero-order valence-electron chi connectivity index (χ0n) is 18.8. The fourth-order valence-electron chi connectivity index (χ4n) is 4.79. The molecule has 4 rings (SSSR count). The van der Waals surface area contributed by atoms with Gasteiger partial charge >= 0.3 is 0 Å². The zero-order chi connectivity index (χ0) is 21.8. The van der Waals surface area contributed by atoms with E-state index >= 15 is 0 Å². The highest BCUT2D eigenvalue weighted by molar-refractivity contribution is 7.17. The maximum atomic E-state index is 12.9. The van der Waals surface area contributed by atoms with Crippen molar-refractivity contribution in [3.63, 3.8) is 0 Å². The summed E-state index contributed by atoms with van der Waals surface area (Å²) in [5.41, 5.74) is 9.69. The van der Waals surface area contributed by atoms with Crippen LogP contribution in [0.4, 0.5) is 0 Å². The van der Waals surface area contributed by atoms with Gasteiger partial charge in [0.1, 0.15) is 0 Å². The first-order chi connectivity index (χ1) is 15.0. The zero-order valence-corrected chi connectivity index (χ0v) is 19.6. The van der Waals surface area contributed by atoms with Crippen LogP contribution in [0.25, 0.3) is 10.4 Å². The predicted octanol–water partition coefficient (Wildman–Crippen LogP) is 4.11. The van der Waals surface area contributed by atoms with Crippen LogP contribution in [0.15, 0.2) is 30.3 Å². The first-order valence-corrected chi connectivity index (χ1v) is 12.3. The molecule has 5 nitrogen and oxygen atoms in total. The van der Waals surface area contributed by atoms with Gasteiger partial charge in [-0.1, -0.05) is 24.3 Å². The van der Waals surface area contributed by atoms with E-state index < -0.39 is 0 Å². The van der Waals surface area contributed by atoms with Crippen molar-refractivity contribution in [2.75, 3.05) is 46.4 Å². The number of hydrogen-bond acceptors (Lipinski definition) is 5. The minimum absolute atomic E-state index is 0.119. The second-order valence-electron chi connectivity index (χ2n) is 9.01. The summed E-state index contributed by atoms with van der Waals surface area (Å²) in [7, 11) is 1.77. The Morgan fingerprint density at radius 2 is 1.90 bits per heavy atom. The van der Waals surface area contributed by atoms with Crippen LogP contribution in [0, 0.1) is 6.92 Å². The van der Waals surface area contributed by atoms with E-state index in [1.165, 1.54) is 41.9 Å². The second kappa shape index (κ2) is 10.3. The van der Waals surface area contributed by atoms with Crippen molar-refractivity contribution in [3.8, 4) is 10.4 Å². The van der Waals surface area contributed by atoms with E-state index in [9.17, 15) is 4.79 Å². The van der Waals surface area contributed by atoms with Crippen LogP contribution in [-0.2, 0) is 4.74 Å². The van der Waals surface area contributed by atoms with Crippen LogP contribution in [0.2, 0.25) is 0 Å². The predicted molar refractivity (Wildman–Crippen MR) is 128 cm³/mol. The number of amides is 1. The quantitative estimate of drug-likeness (QED) is 0.657. The van der Waals surface area contributed by atoms with Gasteiger partial charge in [-0.3, -0.25) is 4.79 Å². The van der Waals surface area contributed by atoms with E-state index in [1.54, 1.807) is 18.4 Å². The van der Waals surface area contributed by atoms with Crippen molar-refractivity contribution >= 4 is 17.2 Å². The Morgan fingerprint density at radius 1 is 1.16 bits per heavy atom. The second-order valence-corrected chi connectivity index (χ2v) is 10.1. The molecule has 2 aliphatic rings. The highest BCUT2D eigenvalue weighted by Crippen LogP contribution is 2.35. The number of rotatable bonds is 7. The van der Waals surface area contributed by atoms with Crippen molar-refractivity contribution in [2.24, 2.45) is 5.73 Å². The summed E-state index contributed by atoms with van der Waals surface area (Å²) in [6.45, 7) is 7.82. The molecule has 0 saturated carbocycles. The Balaban J connectivity index is 1.37. The molecule has 1 aromatic heterocycles. The number of benzene rings is 1. The molecule has 0 bridgehead atoms. The minimum atomic E-state index is 0.119. The SMILES string of the molecule is COCCCN1CCC(c2ccc(-c3cc(C)c(C(=O)N4CC[C@H](N)C4)s3)cc2)CC1. The Kier molecular flexibility index (Phi) is 7.43.